The van der Waals surface area contributed by atoms with E-state index in [1.807, 2.05) is 25.1 Å². The van der Waals surface area contributed by atoms with Gasteiger partial charge in [-0.25, -0.2) is 0 Å². The molecular weight excluding hydrogens is 430 g/mol. The van der Waals surface area contributed by atoms with Crippen LogP contribution in [-0.4, -0.2) is 76.6 Å². The second-order valence-electron chi connectivity index (χ2n) is 10.4. The lowest BCUT2D eigenvalue weighted by molar-refractivity contribution is -0.125. The van der Waals surface area contributed by atoms with Crippen LogP contribution in [0.4, 0.5) is 5.69 Å². The van der Waals surface area contributed by atoms with Gasteiger partial charge in [0.1, 0.15) is 5.69 Å². The van der Waals surface area contributed by atoms with Crippen molar-refractivity contribution in [1.82, 2.24) is 20.1 Å². The molecule has 2 aliphatic rings. The number of nitrogens with zero attached hydrogens (tertiary/aromatic N) is 3. The van der Waals surface area contributed by atoms with E-state index in [9.17, 15) is 9.90 Å². The van der Waals surface area contributed by atoms with Gasteiger partial charge in [-0.2, -0.15) is 5.10 Å². The predicted molar refractivity (Wildman–Crippen MR) is 133 cm³/mol. The topological polar surface area (TPSA) is 97.5 Å². The number of H-pyrrole nitrogens is 2. The number of ether oxygens (including phenoxy) is 1. The van der Waals surface area contributed by atoms with Crippen molar-refractivity contribution in [3.63, 3.8) is 0 Å². The van der Waals surface area contributed by atoms with Crippen molar-refractivity contribution >= 4 is 22.5 Å². The first-order valence-corrected chi connectivity index (χ1v) is 12.3. The number of benzene rings is 1. The first kappa shape index (κ1) is 23.1. The molecule has 34 heavy (non-hydrogen) atoms. The number of aliphatic hydroxyl groups is 1. The van der Waals surface area contributed by atoms with Crippen LogP contribution >= 0.6 is 0 Å². The zero-order valence-corrected chi connectivity index (χ0v) is 20.4. The minimum Gasteiger partial charge on any atom is -0.395 e. The lowest BCUT2D eigenvalue weighted by atomic mass is 9.76. The highest BCUT2D eigenvalue weighted by Gasteiger charge is 2.30. The van der Waals surface area contributed by atoms with Crippen LogP contribution in [0.1, 0.15) is 38.4 Å². The lowest BCUT2D eigenvalue weighted by Crippen LogP contribution is -2.51. The molecule has 5 rings (SSSR count). The average Bonchev–Trinajstić information content (AvgIpc) is 3.44. The summed E-state index contributed by atoms with van der Waals surface area (Å²) in [5.41, 5.74) is 6.57. The second kappa shape index (κ2) is 9.17. The molecule has 8 nitrogen and oxygen atoms in total. The van der Waals surface area contributed by atoms with Crippen molar-refractivity contribution in [3.05, 3.63) is 35.5 Å². The van der Waals surface area contributed by atoms with Gasteiger partial charge in [0, 0.05) is 47.5 Å². The smallest absolute Gasteiger partial charge is 0.244 e. The zero-order valence-electron chi connectivity index (χ0n) is 20.4. The Morgan fingerprint density at radius 3 is 2.85 bits per heavy atom. The third kappa shape index (κ3) is 4.37. The van der Waals surface area contributed by atoms with Crippen molar-refractivity contribution in [1.29, 1.82) is 0 Å². The summed E-state index contributed by atoms with van der Waals surface area (Å²) >= 11 is 0. The molecule has 1 aliphatic heterocycles. The fraction of sp³-hybridized carbons (Fsp3) is 0.538. The van der Waals surface area contributed by atoms with Crippen LogP contribution in [0.5, 0.6) is 0 Å². The SMILES string of the molecule is C[C@H](C(=O)N(CCO)c1ccc2cc(-c3n[nH]c4c3CCC(C)(C)C4)[nH]c2c1)N1CCOCC1. The molecule has 2 aromatic heterocycles. The van der Waals surface area contributed by atoms with E-state index in [4.69, 9.17) is 4.74 Å². The van der Waals surface area contributed by atoms with Gasteiger partial charge < -0.3 is 19.7 Å². The number of aromatic nitrogens is 3. The monoisotopic (exact) mass is 465 g/mol. The van der Waals surface area contributed by atoms with Gasteiger partial charge in [0.25, 0.3) is 0 Å². The minimum atomic E-state index is -0.273. The summed E-state index contributed by atoms with van der Waals surface area (Å²) in [5, 5.41) is 18.7. The summed E-state index contributed by atoms with van der Waals surface area (Å²) < 4.78 is 5.43. The molecule has 1 aromatic carbocycles. The van der Waals surface area contributed by atoms with Crippen molar-refractivity contribution in [2.24, 2.45) is 5.41 Å². The van der Waals surface area contributed by atoms with Crippen LogP contribution in [0.3, 0.4) is 0 Å². The Labute approximate surface area is 200 Å². The fourth-order valence-electron chi connectivity index (χ4n) is 5.29. The standard InChI is InChI=1S/C26H35N5O3/c1-17(30-9-12-34-13-10-30)25(33)31(8-11-32)19-5-4-18-14-22(27-21(18)15-19)24-20-6-7-26(2,3)16-23(20)28-29-24/h4-5,14-15,17,27,32H,6-13,16H2,1-3H3,(H,28,29)/t17-/m1/s1. The molecule has 1 atom stereocenters. The summed E-state index contributed by atoms with van der Waals surface area (Å²) in [5.74, 6) is -0.00827. The van der Waals surface area contributed by atoms with E-state index >= 15 is 0 Å². The van der Waals surface area contributed by atoms with Crippen LogP contribution in [-0.2, 0) is 22.4 Å². The Balaban J connectivity index is 1.42. The maximum Gasteiger partial charge on any atom is 0.244 e. The van der Waals surface area contributed by atoms with Gasteiger partial charge in [-0.3, -0.25) is 14.8 Å². The quantitative estimate of drug-likeness (QED) is 0.520. The number of aliphatic hydroxyl groups excluding tert-OH is 1. The Morgan fingerprint density at radius 1 is 1.29 bits per heavy atom. The highest BCUT2D eigenvalue weighted by molar-refractivity contribution is 5.99. The van der Waals surface area contributed by atoms with Crippen molar-refractivity contribution in [2.75, 3.05) is 44.4 Å². The molecule has 1 aliphatic carbocycles. The largest absolute Gasteiger partial charge is 0.395 e. The maximum absolute atomic E-state index is 13.4. The molecule has 1 amide bonds. The van der Waals surface area contributed by atoms with Crippen LogP contribution in [0.25, 0.3) is 22.3 Å². The normalized spacial score (nSPS) is 19.2. The highest BCUT2D eigenvalue weighted by atomic mass is 16.5. The van der Waals surface area contributed by atoms with E-state index in [2.05, 4.69) is 40.0 Å². The van der Waals surface area contributed by atoms with Crippen LogP contribution < -0.4 is 4.90 Å². The van der Waals surface area contributed by atoms with Crippen LogP contribution in [0.2, 0.25) is 0 Å². The number of carbonyl (C=O) groups excluding carboxylic acids is 1. The molecule has 0 radical (unpaired) electrons. The van der Waals surface area contributed by atoms with Gasteiger partial charge in [-0.15, -0.1) is 0 Å². The second-order valence-corrected chi connectivity index (χ2v) is 10.4. The van der Waals surface area contributed by atoms with E-state index < -0.39 is 0 Å². The van der Waals surface area contributed by atoms with Gasteiger partial charge >= 0.3 is 0 Å². The maximum atomic E-state index is 13.4. The molecule has 3 aromatic rings. The Morgan fingerprint density at radius 2 is 2.09 bits per heavy atom. The summed E-state index contributed by atoms with van der Waals surface area (Å²) in [4.78, 5) is 20.7. The summed E-state index contributed by atoms with van der Waals surface area (Å²) in [7, 11) is 0. The number of hydrogen-bond donors (Lipinski definition) is 3. The van der Waals surface area contributed by atoms with E-state index in [1.54, 1.807) is 4.90 Å². The number of hydrogen-bond acceptors (Lipinski definition) is 5. The van der Waals surface area contributed by atoms with Crippen molar-refractivity contribution in [3.8, 4) is 11.4 Å². The van der Waals surface area contributed by atoms with Gasteiger partial charge in [-0.05, 0) is 49.8 Å². The van der Waals surface area contributed by atoms with Gasteiger partial charge in [0.2, 0.25) is 5.91 Å². The Bertz CT molecular complexity index is 1170. The molecule has 0 unspecified atom stereocenters. The first-order valence-electron chi connectivity index (χ1n) is 12.3. The number of nitrogens with one attached hydrogen (secondary N) is 2. The molecule has 3 heterocycles. The van der Waals surface area contributed by atoms with Crippen molar-refractivity contribution in [2.45, 2.75) is 46.1 Å². The van der Waals surface area contributed by atoms with Crippen LogP contribution in [0.15, 0.2) is 24.3 Å². The molecule has 0 saturated carbocycles. The number of anilines is 1. The molecular formula is C26H35N5O3. The number of aromatic amines is 2. The number of amides is 1. The van der Waals surface area contributed by atoms with Crippen LogP contribution in [0, 0.1) is 5.41 Å². The zero-order chi connectivity index (χ0) is 23.9. The Kier molecular flexibility index (Phi) is 6.22. The number of morpholine rings is 1. The van der Waals surface area contributed by atoms with E-state index in [-0.39, 0.29) is 25.1 Å². The van der Waals surface area contributed by atoms with E-state index in [0.717, 1.165) is 60.3 Å². The molecule has 0 bridgehead atoms. The number of fused-ring (bicyclic) bond motifs is 2. The van der Waals surface area contributed by atoms with Crippen molar-refractivity contribution < 1.29 is 14.6 Å². The number of carbonyl (C=O) groups is 1. The summed E-state index contributed by atoms with van der Waals surface area (Å²) in [6.45, 7) is 9.48. The van der Waals surface area contributed by atoms with Gasteiger partial charge in [0.15, 0.2) is 0 Å². The van der Waals surface area contributed by atoms with E-state index in [0.29, 0.717) is 18.6 Å². The molecule has 8 heteroatoms. The number of rotatable bonds is 6. The predicted octanol–water partition coefficient (Wildman–Crippen LogP) is 3.12. The minimum absolute atomic E-state index is 0.00827. The molecule has 1 saturated heterocycles. The third-order valence-corrected chi connectivity index (χ3v) is 7.37. The molecule has 0 spiro atoms. The highest BCUT2D eigenvalue weighted by Crippen LogP contribution is 2.38. The van der Waals surface area contributed by atoms with E-state index in [1.165, 1.54) is 11.3 Å². The Hall–Kier alpha value is -2.68. The molecule has 3 N–H and O–H groups in total. The summed E-state index contributed by atoms with van der Waals surface area (Å²) in [6.07, 6.45) is 3.18. The summed E-state index contributed by atoms with van der Waals surface area (Å²) in [6, 6.07) is 7.85. The fourth-order valence-corrected chi connectivity index (χ4v) is 5.29. The molecule has 182 valence electrons. The van der Waals surface area contributed by atoms with Gasteiger partial charge in [0.05, 0.1) is 31.6 Å². The average molecular weight is 466 g/mol. The first-order chi connectivity index (χ1) is 16.4. The molecule has 1 fully saturated rings. The van der Waals surface area contributed by atoms with Gasteiger partial charge in [-0.1, -0.05) is 19.9 Å². The lowest BCUT2D eigenvalue weighted by Gasteiger charge is -2.34. The third-order valence-electron chi connectivity index (χ3n) is 7.37.